The third-order valence-electron chi connectivity index (χ3n) is 2.82. The van der Waals surface area contributed by atoms with Crippen molar-refractivity contribution in [2.45, 2.75) is 39.7 Å². The van der Waals surface area contributed by atoms with Crippen LogP contribution in [-0.4, -0.2) is 39.5 Å². The Kier molecular flexibility index (Phi) is 5.12. The summed E-state index contributed by atoms with van der Waals surface area (Å²) in [6, 6.07) is -0.763. The number of rotatable bonds is 7. The zero-order valence-corrected chi connectivity index (χ0v) is 12.1. The van der Waals surface area contributed by atoms with Gasteiger partial charge in [0.05, 0.1) is 0 Å². The number of hydrogen-bond donors (Lipinski definition) is 3. The first-order valence-corrected chi connectivity index (χ1v) is 6.48. The van der Waals surface area contributed by atoms with Gasteiger partial charge in [0.2, 0.25) is 11.9 Å². The Bertz CT molecular complexity index is 451. The van der Waals surface area contributed by atoms with E-state index in [1.165, 1.54) is 0 Å². The molecule has 0 aliphatic rings. The van der Waals surface area contributed by atoms with Crippen molar-refractivity contribution in [3.8, 4) is 0 Å². The van der Waals surface area contributed by atoms with E-state index in [1.54, 1.807) is 17.3 Å². The largest absolute Gasteiger partial charge is 0.480 e. The van der Waals surface area contributed by atoms with Crippen LogP contribution in [0.2, 0.25) is 0 Å². The lowest BCUT2D eigenvalue weighted by molar-refractivity contribution is -0.139. The van der Waals surface area contributed by atoms with Crippen molar-refractivity contribution >= 4 is 17.8 Å². The molecule has 1 heterocycles. The Balaban J connectivity index is 2.98. The van der Waals surface area contributed by atoms with E-state index in [0.29, 0.717) is 12.4 Å². The number of carboxylic acids is 1. The Morgan fingerprint density at radius 1 is 1.50 bits per heavy atom. The van der Waals surface area contributed by atoms with Crippen molar-refractivity contribution in [1.29, 1.82) is 0 Å². The highest BCUT2D eigenvalue weighted by atomic mass is 16.4. The van der Waals surface area contributed by atoms with Crippen LogP contribution in [0.1, 0.15) is 33.6 Å². The van der Waals surface area contributed by atoms with Gasteiger partial charge in [-0.3, -0.25) is 4.79 Å². The van der Waals surface area contributed by atoms with Crippen LogP contribution in [0.3, 0.4) is 0 Å². The van der Waals surface area contributed by atoms with Gasteiger partial charge in [-0.2, -0.15) is 0 Å². The summed E-state index contributed by atoms with van der Waals surface area (Å²) in [5, 5.41) is 9.47. The molecule has 1 amide bonds. The van der Waals surface area contributed by atoms with E-state index in [2.05, 4.69) is 9.97 Å². The van der Waals surface area contributed by atoms with Gasteiger partial charge in [-0.05, 0) is 11.8 Å². The molecule has 1 unspecified atom stereocenters. The van der Waals surface area contributed by atoms with Crippen LogP contribution >= 0.6 is 0 Å². The van der Waals surface area contributed by atoms with Crippen molar-refractivity contribution in [1.82, 2.24) is 9.97 Å². The number of nitrogens with one attached hydrogen (secondary N) is 1. The predicted molar refractivity (Wildman–Crippen MR) is 75.2 cm³/mol. The monoisotopic (exact) mass is 282 g/mol. The molecule has 7 nitrogen and oxygen atoms in total. The molecule has 0 radical (unpaired) electrons. The van der Waals surface area contributed by atoms with Crippen LogP contribution in [0, 0.1) is 5.41 Å². The topological polar surface area (TPSA) is 112 Å². The molecule has 20 heavy (non-hydrogen) atoms. The van der Waals surface area contributed by atoms with Crippen molar-refractivity contribution < 1.29 is 14.7 Å². The van der Waals surface area contributed by atoms with E-state index in [0.717, 1.165) is 0 Å². The first-order chi connectivity index (χ1) is 9.20. The molecule has 4 N–H and O–H groups in total. The zero-order chi connectivity index (χ0) is 15.3. The summed E-state index contributed by atoms with van der Waals surface area (Å²) in [6.07, 6.45) is 3.67. The molecule has 0 saturated heterocycles. The quantitative estimate of drug-likeness (QED) is 0.690. The number of aromatic nitrogens is 2. The number of carbonyl (C=O) groups excluding carboxylic acids is 1. The van der Waals surface area contributed by atoms with Gasteiger partial charge in [0, 0.05) is 25.4 Å². The molecule has 0 bridgehead atoms. The van der Waals surface area contributed by atoms with Crippen LogP contribution in [0.25, 0.3) is 0 Å². The number of H-pyrrole nitrogens is 1. The van der Waals surface area contributed by atoms with E-state index >= 15 is 0 Å². The van der Waals surface area contributed by atoms with E-state index in [9.17, 15) is 14.7 Å². The minimum Gasteiger partial charge on any atom is -0.480 e. The summed E-state index contributed by atoms with van der Waals surface area (Å²) < 4.78 is 0. The SMILES string of the molecule is CC(C)(C)CC(C(=O)O)N(CCC(N)=O)c1ncc[nH]1. The molecule has 0 spiro atoms. The molecular weight excluding hydrogens is 260 g/mol. The van der Waals surface area contributed by atoms with Gasteiger partial charge < -0.3 is 20.7 Å². The second-order valence-electron chi connectivity index (χ2n) is 5.94. The number of amides is 1. The molecule has 112 valence electrons. The van der Waals surface area contributed by atoms with Gasteiger partial charge in [0.25, 0.3) is 0 Å². The summed E-state index contributed by atoms with van der Waals surface area (Å²) in [6.45, 7) is 6.13. The van der Waals surface area contributed by atoms with Crippen molar-refractivity contribution in [2.75, 3.05) is 11.4 Å². The lowest BCUT2D eigenvalue weighted by atomic mass is 9.87. The summed E-state index contributed by atoms with van der Waals surface area (Å²) in [4.78, 5) is 31.1. The summed E-state index contributed by atoms with van der Waals surface area (Å²) in [7, 11) is 0. The predicted octanol–water partition coefficient (Wildman–Crippen LogP) is 0.981. The van der Waals surface area contributed by atoms with Gasteiger partial charge in [0.1, 0.15) is 6.04 Å². The zero-order valence-electron chi connectivity index (χ0n) is 12.1. The van der Waals surface area contributed by atoms with Crippen molar-refractivity contribution in [3.05, 3.63) is 12.4 Å². The number of carbonyl (C=O) groups is 2. The van der Waals surface area contributed by atoms with E-state index in [1.807, 2.05) is 20.8 Å². The molecular formula is C13H22N4O3. The molecule has 0 aliphatic heterocycles. The maximum Gasteiger partial charge on any atom is 0.326 e. The number of anilines is 1. The van der Waals surface area contributed by atoms with E-state index < -0.39 is 17.9 Å². The van der Waals surface area contributed by atoms with E-state index in [4.69, 9.17) is 5.73 Å². The highest BCUT2D eigenvalue weighted by Crippen LogP contribution is 2.26. The Morgan fingerprint density at radius 2 is 2.15 bits per heavy atom. The second-order valence-corrected chi connectivity index (χ2v) is 5.94. The van der Waals surface area contributed by atoms with Crippen LogP contribution in [0.15, 0.2) is 12.4 Å². The van der Waals surface area contributed by atoms with Crippen LogP contribution in [0.4, 0.5) is 5.95 Å². The molecule has 7 heteroatoms. The maximum absolute atomic E-state index is 11.6. The molecule has 0 aliphatic carbocycles. The lowest BCUT2D eigenvalue weighted by Crippen LogP contribution is -2.45. The number of aliphatic carboxylic acids is 1. The number of nitrogens with two attached hydrogens (primary N) is 1. The van der Waals surface area contributed by atoms with Crippen LogP contribution < -0.4 is 10.6 Å². The summed E-state index contributed by atoms with van der Waals surface area (Å²) >= 11 is 0. The molecule has 0 aromatic carbocycles. The van der Waals surface area contributed by atoms with Crippen LogP contribution in [0.5, 0.6) is 0 Å². The van der Waals surface area contributed by atoms with Gasteiger partial charge >= 0.3 is 5.97 Å². The third kappa shape index (κ3) is 4.91. The normalized spacial score (nSPS) is 12.9. The average molecular weight is 282 g/mol. The molecule has 1 aromatic rings. The standard InChI is InChI=1S/C13H22N4O3/c1-13(2,3)8-9(11(19)20)17(7-4-10(14)18)12-15-5-6-16-12/h5-6,9H,4,7-8H2,1-3H3,(H2,14,18)(H,15,16)(H,19,20). The fourth-order valence-electron chi connectivity index (χ4n) is 1.96. The highest BCUT2D eigenvalue weighted by Gasteiger charge is 2.31. The maximum atomic E-state index is 11.6. The van der Waals surface area contributed by atoms with Crippen molar-refractivity contribution in [2.24, 2.45) is 11.1 Å². The fraction of sp³-hybridized carbons (Fsp3) is 0.615. The average Bonchev–Trinajstić information content (AvgIpc) is 2.79. The third-order valence-corrected chi connectivity index (χ3v) is 2.82. The highest BCUT2D eigenvalue weighted by molar-refractivity contribution is 5.78. The first-order valence-electron chi connectivity index (χ1n) is 6.48. The van der Waals surface area contributed by atoms with Crippen LogP contribution in [-0.2, 0) is 9.59 Å². The van der Waals surface area contributed by atoms with Crippen molar-refractivity contribution in [3.63, 3.8) is 0 Å². The molecule has 1 atom stereocenters. The molecule has 1 aromatic heterocycles. The van der Waals surface area contributed by atoms with Gasteiger partial charge in [-0.1, -0.05) is 20.8 Å². The van der Waals surface area contributed by atoms with Gasteiger partial charge in [-0.25, -0.2) is 9.78 Å². The Hall–Kier alpha value is -2.05. The second kappa shape index (κ2) is 6.40. The summed E-state index contributed by atoms with van der Waals surface area (Å²) in [5.74, 6) is -0.981. The first kappa shape index (κ1) is 16.0. The number of primary amides is 1. The number of aromatic amines is 1. The number of imidazole rings is 1. The number of carboxylic acid groups (broad SMARTS) is 1. The molecule has 0 fully saturated rings. The van der Waals surface area contributed by atoms with E-state index in [-0.39, 0.29) is 18.4 Å². The minimum atomic E-state index is -0.944. The summed E-state index contributed by atoms with van der Waals surface area (Å²) in [5.41, 5.74) is 4.99. The molecule has 1 rings (SSSR count). The Morgan fingerprint density at radius 3 is 2.55 bits per heavy atom. The fourth-order valence-corrected chi connectivity index (χ4v) is 1.96. The van der Waals surface area contributed by atoms with Gasteiger partial charge in [-0.15, -0.1) is 0 Å². The minimum absolute atomic E-state index is 0.0780. The van der Waals surface area contributed by atoms with Gasteiger partial charge in [0.15, 0.2) is 0 Å². The number of hydrogen-bond acceptors (Lipinski definition) is 4. The molecule has 0 saturated carbocycles. The smallest absolute Gasteiger partial charge is 0.326 e. The Labute approximate surface area is 118 Å². The number of nitrogens with zero attached hydrogens (tertiary/aromatic N) is 2. The lowest BCUT2D eigenvalue weighted by Gasteiger charge is -2.32.